The fourth-order valence-electron chi connectivity index (χ4n) is 4.11. The lowest BCUT2D eigenvalue weighted by Crippen LogP contribution is -2.64. The fourth-order valence-corrected chi connectivity index (χ4v) is 4.11. The number of hydrogen-bond donors (Lipinski definition) is 0. The zero-order valence-electron chi connectivity index (χ0n) is 17.4. The summed E-state index contributed by atoms with van der Waals surface area (Å²) in [6.07, 6.45) is 0.178. The van der Waals surface area contributed by atoms with Crippen LogP contribution in [0.5, 0.6) is 0 Å². The quantitative estimate of drug-likeness (QED) is 0.780. The van der Waals surface area contributed by atoms with Gasteiger partial charge in [0.15, 0.2) is 12.2 Å². The number of hydrogen-bond acceptors (Lipinski definition) is 5. The summed E-state index contributed by atoms with van der Waals surface area (Å²) in [5.41, 5.74) is 2.59. The van der Waals surface area contributed by atoms with Gasteiger partial charge in [-0.3, -0.25) is 19.5 Å². The predicted molar refractivity (Wildman–Crippen MR) is 108 cm³/mol. The maximum Gasteiger partial charge on any atom is 0.328 e. The van der Waals surface area contributed by atoms with Crippen molar-refractivity contribution in [3.63, 3.8) is 0 Å². The highest BCUT2D eigenvalue weighted by molar-refractivity contribution is 6.10. The highest BCUT2D eigenvalue weighted by Crippen LogP contribution is 2.39. The summed E-state index contributed by atoms with van der Waals surface area (Å²) in [6.45, 7) is 8.43. The first kappa shape index (κ1) is 19.4. The third-order valence-electron chi connectivity index (χ3n) is 5.91. The van der Waals surface area contributed by atoms with Crippen molar-refractivity contribution in [2.45, 2.75) is 46.3 Å². The van der Waals surface area contributed by atoms with E-state index in [0.29, 0.717) is 18.4 Å². The normalized spacial score (nSPS) is 24.0. The van der Waals surface area contributed by atoms with Crippen LogP contribution in [0.4, 0.5) is 14.9 Å². The van der Waals surface area contributed by atoms with Crippen LogP contribution < -0.4 is 4.90 Å². The number of likely N-dealkylation sites (N-methyl/N-ethyl adjacent to an activating group) is 1. The van der Waals surface area contributed by atoms with E-state index in [0.717, 1.165) is 23.5 Å². The lowest BCUT2D eigenvalue weighted by atomic mass is 10.1. The Hall–Kier alpha value is -2.90. The lowest BCUT2D eigenvalue weighted by Gasteiger charge is -2.41. The third-order valence-corrected chi connectivity index (χ3v) is 5.91. The van der Waals surface area contributed by atoms with Crippen molar-refractivity contribution >= 4 is 23.6 Å². The monoisotopic (exact) mass is 399 g/mol. The molecular formula is C21H26FN5O2. The van der Waals surface area contributed by atoms with Gasteiger partial charge in [-0.05, 0) is 50.5 Å². The van der Waals surface area contributed by atoms with Gasteiger partial charge >= 0.3 is 6.03 Å². The Morgan fingerprint density at radius 2 is 1.76 bits per heavy atom. The number of imide groups is 1. The van der Waals surface area contributed by atoms with E-state index in [-0.39, 0.29) is 17.8 Å². The minimum atomic E-state index is -0.583. The molecule has 1 saturated heterocycles. The minimum absolute atomic E-state index is 0.217. The Kier molecular flexibility index (Phi) is 4.59. The topological polar surface area (TPSA) is 59.5 Å². The van der Waals surface area contributed by atoms with Crippen molar-refractivity contribution in [1.29, 1.82) is 0 Å². The fraction of sp³-hybridized carbons (Fsp3) is 0.476. The van der Waals surface area contributed by atoms with Crippen molar-refractivity contribution in [3.05, 3.63) is 41.5 Å². The highest BCUT2D eigenvalue weighted by Gasteiger charge is 2.55. The van der Waals surface area contributed by atoms with Crippen LogP contribution in [0.25, 0.3) is 0 Å². The van der Waals surface area contributed by atoms with Crippen LogP contribution in [0.1, 0.15) is 34.1 Å². The molecule has 1 aromatic rings. The van der Waals surface area contributed by atoms with E-state index in [4.69, 9.17) is 4.99 Å². The average Bonchev–Trinajstić information content (AvgIpc) is 3.17. The molecule has 1 fully saturated rings. The summed E-state index contributed by atoms with van der Waals surface area (Å²) in [4.78, 5) is 37.6. The SMILES string of the molecule is CC1=C(C)N2C(=NC3C2C(=O)N(CCC(C)C)C(=O)N3C)N1c1ccc(F)cc1. The first-order valence-electron chi connectivity index (χ1n) is 9.90. The molecule has 0 radical (unpaired) electrons. The van der Waals surface area contributed by atoms with Crippen molar-refractivity contribution in [3.8, 4) is 0 Å². The number of anilines is 1. The van der Waals surface area contributed by atoms with Crippen LogP contribution in [0, 0.1) is 11.7 Å². The van der Waals surface area contributed by atoms with Gasteiger partial charge in [-0.25, -0.2) is 14.2 Å². The van der Waals surface area contributed by atoms with Crippen LogP contribution in [0.3, 0.4) is 0 Å². The first-order chi connectivity index (χ1) is 13.7. The standard InChI is InChI=1S/C21H26FN5O2/c1-12(2)10-11-25-19(28)17-18(24(5)21(25)29)23-20-26(13(3)14(4)27(17)20)16-8-6-15(22)7-9-16/h6-9,12,17-18H,10-11H2,1-5H3. The number of fused-ring (bicyclic) bond motifs is 3. The van der Waals surface area contributed by atoms with Gasteiger partial charge in [0.05, 0.1) is 0 Å². The molecule has 8 heteroatoms. The van der Waals surface area contributed by atoms with Crippen molar-refractivity contribution in [2.75, 3.05) is 18.5 Å². The molecule has 0 aliphatic carbocycles. The largest absolute Gasteiger partial charge is 0.328 e. The van der Waals surface area contributed by atoms with E-state index in [9.17, 15) is 14.0 Å². The number of guanidine groups is 1. The number of rotatable bonds is 4. The van der Waals surface area contributed by atoms with Gasteiger partial charge < -0.3 is 4.90 Å². The minimum Gasteiger partial charge on any atom is -0.302 e. The smallest absolute Gasteiger partial charge is 0.302 e. The van der Waals surface area contributed by atoms with Gasteiger partial charge in [0.2, 0.25) is 5.96 Å². The molecule has 29 heavy (non-hydrogen) atoms. The number of nitrogens with zero attached hydrogens (tertiary/aromatic N) is 5. The van der Waals surface area contributed by atoms with Crippen LogP contribution >= 0.6 is 0 Å². The molecule has 4 rings (SSSR count). The summed E-state index contributed by atoms with van der Waals surface area (Å²) in [5.74, 6) is 0.455. The number of carbonyl (C=O) groups is 2. The number of allylic oxidation sites excluding steroid dienone is 2. The molecule has 0 bridgehead atoms. The van der Waals surface area contributed by atoms with Gasteiger partial charge in [0, 0.05) is 30.7 Å². The summed E-state index contributed by atoms with van der Waals surface area (Å²) < 4.78 is 13.4. The summed E-state index contributed by atoms with van der Waals surface area (Å²) in [7, 11) is 1.69. The van der Waals surface area contributed by atoms with Crippen molar-refractivity contribution < 1.29 is 14.0 Å². The molecule has 2 unspecified atom stereocenters. The number of carbonyl (C=O) groups excluding carboxylic acids is 2. The number of amides is 3. The van der Waals surface area contributed by atoms with Gasteiger partial charge in [-0.1, -0.05) is 13.8 Å². The van der Waals surface area contributed by atoms with Crippen LogP contribution in [-0.2, 0) is 4.79 Å². The average molecular weight is 399 g/mol. The maximum atomic E-state index is 13.4. The van der Waals surface area contributed by atoms with Crippen LogP contribution in [-0.4, -0.2) is 58.4 Å². The molecule has 3 heterocycles. The van der Waals surface area contributed by atoms with Gasteiger partial charge in [0.25, 0.3) is 5.91 Å². The summed E-state index contributed by atoms with van der Waals surface area (Å²) in [5, 5.41) is 0. The molecule has 2 atom stereocenters. The Morgan fingerprint density at radius 1 is 1.10 bits per heavy atom. The van der Waals surface area contributed by atoms with E-state index < -0.39 is 12.2 Å². The molecule has 0 saturated carbocycles. The van der Waals surface area contributed by atoms with E-state index in [1.807, 2.05) is 23.6 Å². The van der Waals surface area contributed by atoms with E-state index in [1.165, 1.54) is 17.0 Å². The number of benzene rings is 1. The van der Waals surface area contributed by atoms with Crippen LogP contribution in [0.15, 0.2) is 40.7 Å². The zero-order valence-corrected chi connectivity index (χ0v) is 17.4. The molecular weight excluding hydrogens is 373 g/mol. The second kappa shape index (κ2) is 6.86. The van der Waals surface area contributed by atoms with Gasteiger partial charge in [-0.15, -0.1) is 0 Å². The summed E-state index contributed by atoms with van der Waals surface area (Å²) in [6, 6.07) is 5.28. The Bertz CT molecular complexity index is 924. The van der Waals surface area contributed by atoms with Gasteiger partial charge in [0.1, 0.15) is 5.82 Å². The first-order valence-corrected chi connectivity index (χ1v) is 9.90. The molecule has 0 spiro atoms. The lowest BCUT2D eigenvalue weighted by molar-refractivity contribution is -0.137. The number of urea groups is 1. The molecule has 3 aliphatic rings. The Morgan fingerprint density at radius 3 is 2.38 bits per heavy atom. The van der Waals surface area contributed by atoms with Crippen molar-refractivity contribution in [2.24, 2.45) is 10.9 Å². The Labute approximate surface area is 170 Å². The second-order valence-electron chi connectivity index (χ2n) is 8.21. The second-order valence-corrected chi connectivity index (χ2v) is 8.21. The molecule has 154 valence electrons. The number of halogens is 1. The molecule has 1 aromatic carbocycles. The van der Waals surface area contributed by atoms with E-state index >= 15 is 0 Å². The predicted octanol–water partition coefficient (Wildman–Crippen LogP) is 3.20. The summed E-state index contributed by atoms with van der Waals surface area (Å²) >= 11 is 0. The van der Waals surface area contributed by atoms with E-state index in [1.54, 1.807) is 24.1 Å². The Balaban J connectivity index is 1.71. The van der Waals surface area contributed by atoms with E-state index in [2.05, 4.69) is 13.8 Å². The number of aliphatic imine (C=N–C) groups is 1. The molecule has 0 N–H and O–H groups in total. The van der Waals surface area contributed by atoms with Crippen LogP contribution in [0.2, 0.25) is 0 Å². The molecule has 0 aromatic heterocycles. The highest BCUT2D eigenvalue weighted by atomic mass is 19.1. The maximum absolute atomic E-state index is 13.4. The van der Waals surface area contributed by atoms with Gasteiger partial charge in [-0.2, -0.15) is 0 Å². The molecule has 7 nitrogen and oxygen atoms in total. The zero-order chi connectivity index (χ0) is 21.0. The molecule has 3 aliphatic heterocycles. The molecule has 3 amide bonds. The van der Waals surface area contributed by atoms with Crippen molar-refractivity contribution in [1.82, 2.24) is 14.7 Å². The third kappa shape index (κ3) is 2.89.